The Kier molecular flexibility index (Phi) is 3.25. The van der Waals surface area contributed by atoms with Crippen molar-refractivity contribution in [2.75, 3.05) is 7.11 Å². The van der Waals surface area contributed by atoms with Gasteiger partial charge in [0.1, 0.15) is 12.3 Å². The highest BCUT2D eigenvalue weighted by molar-refractivity contribution is 5.77. The summed E-state index contributed by atoms with van der Waals surface area (Å²) in [4.78, 5) is 16.7. The number of hydrogen-bond acceptors (Lipinski definition) is 4. The Morgan fingerprint density at radius 1 is 1.24 bits per heavy atom. The molecular formula is C16H16N2O3. The number of fused-ring (bicyclic) bond motifs is 1. The van der Waals surface area contributed by atoms with Gasteiger partial charge in [-0.1, -0.05) is 0 Å². The topological polar surface area (TPSA) is 57.3 Å². The standard InChI is InChI=1S/C16H16N2O3/c1-10-6-11(2)17-12(7-10)9-18-16(19)14-5-4-13(20-3)8-15(14)21-18/h4-8H,9H2,1-3H3. The monoisotopic (exact) mass is 284 g/mol. The van der Waals surface area contributed by atoms with E-state index in [1.54, 1.807) is 25.3 Å². The van der Waals surface area contributed by atoms with Gasteiger partial charge in [-0.05, 0) is 43.7 Å². The largest absolute Gasteiger partial charge is 0.497 e. The van der Waals surface area contributed by atoms with E-state index in [1.807, 2.05) is 26.0 Å². The van der Waals surface area contributed by atoms with Gasteiger partial charge in [0, 0.05) is 11.8 Å². The van der Waals surface area contributed by atoms with Crippen molar-refractivity contribution in [2.45, 2.75) is 20.4 Å². The highest BCUT2D eigenvalue weighted by Gasteiger charge is 2.11. The SMILES string of the molecule is COc1ccc2c(=O)n(Cc3cc(C)cc(C)n3)oc2c1. The van der Waals surface area contributed by atoms with Crippen molar-refractivity contribution in [1.82, 2.24) is 9.72 Å². The Balaban J connectivity index is 2.04. The Morgan fingerprint density at radius 3 is 2.76 bits per heavy atom. The molecule has 0 unspecified atom stereocenters. The van der Waals surface area contributed by atoms with Gasteiger partial charge < -0.3 is 9.26 Å². The van der Waals surface area contributed by atoms with Gasteiger partial charge in [-0.25, -0.2) is 0 Å². The number of aromatic nitrogens is 2. The minimum atomic E-state index is -0.159. The first-order valence-electron chi connectivity index (χ1n) is 6.69. The van der Waals surface area contributed by atoms with E-state index in [1.165, 1.54) is 4.74 Å². The zero-order valence-electron chi connectivity index (χ0n) is 12.2. The van der Waals surface area contributed by atoms with Crippen molar-refractivity contribution in [3.8, 4) is 5.75 Å². The van der Waals surface area contributed by atoms with E-state index in [0.717, 1.165) is 17.0 Å². The van der Waals surface area contributed by atoms with E-state index in [4.69, 9.17) is 9.26 Å². The number of benzene rings is 1. The van der Waals surface area contributed by atoms with Crippen molar-refractivity contribution in [2.24, 2.45) is 0 Å². The smallest absolute Gasteiger partial charge is 0.290 e. The van der Waals surface area contributed by atoms with Crippen molar-refractivity contribution in [1.29, 1.82) is 0 Å². The molecule has 0 aliphatic carbocycles. The van der Waals surface area contributed by atoms with Crippen molar-refractivity contribution < 1.29 is 9.26 Å². The molecule has 5 heteroatoms. The molecule has 108 valence electrons. The maximum absolute atomic E-state index is 12.3. The number of hydrogen-bond donors (Lipinski definition) is 0. The predicted octanol–water partition coefficient (Wildman–Crippen LogP) is 2.66. The van der Waals surface area contributed by atoms with Crippen LogP contribution in [0.1, 0.15) is 17.0 Å². The van der Waals surface area contributed by atoms with Crippen LogP contribution >= 0.6 is 0 Å². The summed E-state index contributed by atoms with van der Waals surface area (Å²) in [6, 6.07) is 9.12. The molecule has 0 radical (unpaired) electrons. The number of methoxy groups -OCH3 is 1. The van der Waals surface area contributed by atoms with Gasteiger partial charge in [0.15, 0.2) is 5.58 Å². The third-order valence-corrected chi connectivity index (χ3v) is 3.31. The maximum Gasteiger partial charge on any atom is 0.290 e. The molecule has 1 aromatic carbocycles. The lowest BCUT2D eigenvalue weighted by Crippen LogP contribution is -2.15. The maximum atomic E-state index is 12.3. The van der Waals surface area contributed by atoms with Crippen LogP contribution in [0, 0.1) is 13.8 Å². The lowest BCUT2D eigenvalue weighted by atomic mass is 10.2. The molecule has 0 bridgehead atoms. The van der Waals surface area contributed by atoms with Gasteiger partial charge in [0.2, 0.25) is 0 Å². The fourth-order valence-electron chi connectivity index (χ4n) is 2.43. The van der Waals surface area contributed by atoms with Crippen LogP contribution in [0.2, 0.25) is 0 Å². The van der Waals surface area contributed by atoms with Crippen molar-refractivity contribution in [3.63, 3.8) is 0 Å². The second-order valence-corrected chi connectivity index (χ2v) is 5.07. The third-order valence-electron chi connectivity index (χ3n) is 3.31. The van der Waals surface area contributed by atoms with Crippen LogP contribution in [0.3, 0.4) is 0 Å². The molecule has 2 heterocycles. The van der Waals surface area contributed by atoms with Crippen LogP contribution < -0.4 is 10.3 Å². The molecule has 3 aromatic rings. The van der Waals surface area contributed by atoms with Crippen LogP contribution in [0.25, 0.3) is 11.0 Å². The first kappa shape index (κ1) is 13.4. The Morgan fingerprint density at radius 2 is 2.05 bits per heavy atom. The van der Waals surface area contributed by atoms with E-state index in [2.05, 4.69) is 4.98 Å². The van der Waals surface area contributed by atoms with Crippen molar-refractivity contribution in [3.05, 3.63) is 57.6 Å². The molecule has 0 saturated heterocycles. The summed E-state index contributed by atoms with van der Waals surface area (Å²) in [5.74, 6) is 0.660. The number of rotatable bonds is 3. The fraction of sp³-hybridized carbons (Fsp3) is 0.250. The second kappa shape index (κ2) is 5.09. The molecular weight excluding hydrogens is 268 g/mol. The summed E-state index contributed by atoms with van der Waals surface area (Å²) in [5, 5.41) is 0.542. The van der Waals surface area contributed by atoms with Crippen LogP contribution in [-0.4, -0.2) is 16.8 Å². The van der Waals surface area contributed by atoms with Crippen LogP contribution in [0.5, 0.6) is 5.75 Å². The fourth-order valence-corrected chi connectivity index (χ4v) is 2.43. The van der Waals surface area contributed by atoms with E-state index in [9.17, 15) is 4.79 Å². The van der Waals surface area contributed by atoms with E-state index < -0.39 is 0 Å². The number of ether oxygens (including phenoxy) is 1. The number of aryl methyl sites for hydroxylation is 2. The lowest BCUT2D eigenvalue weighted by molar-refractivity contribution is 0.298. The molecule has 21 heavy (non-hydrogen) atoms. The Bertz CT molecular complexity index is 841. The average molecular weight is 284 g/mol. The Labute approximate surface area is 121 Å². The summed E-state index contributed by atoms with van der Waals surface area (Å²) in [5.41, 5.74) is 3.21. The van der Waals surface area contributed by atoms with E-state index in [-0.39, 0.29) is 5.56 Å². The molecule has 0 aliphatic heterocycles. The first-order chi connectivity index (χ1) is 10.1. The lowest BCUT2D eigenvalue weighted by Gasteiger charge is -2.03. The molecule has 0 atom stereocenters. The van der Waals surface area contributed by atoms with Gasteiger partial charge in [0.05, 0.1) is 18.2 Å². The quantitative estimate of drug-likeness (QED) is 0.742. The minimum absolute atomic E-state index is 0.159. The third kappa shape index (κ3) is 2.54. The molecule has 0 saturated carbocycles. The van der Waals surface area contributed by atoms with Gasteiger partial charge in [-0.3, -0.25) is 9.78 Å². The highest BCUT2D eigenvalue weighted by Crippen LogP contribution is 2.19. The molecule has 0 amide bonds. The molecule has 3 rings (SSSR count). The first-order valence-corrected chi connectivity index (χ1v) is 6.69. The Hall–Kier alpha value is -2.56. The second-order valence-electron chi connectivity index (χ2n) is 5.07. The zero-order valence-corrected chi connectivity index (χ0v) is 12.2. The van der Waals surface area contributed by atoms with Crippen LogP contribution in [-0.2, 0) is 6.54 Å². The van der Waals surface area contributed by atoms with Crippen LogP contribution in [0.4, 0.5) is 0 Å². The predicted molar refractivity (Wildman–Crippen MR) is 79.8 cm³/mol. The molecule has 0 N–H and O–H groups in total. The normalized spacial score (nSPS) is 11.0. The van der Waals surface area contributed by atoms with Gasteiger partial charge in [-0.15, -0.1) is 0 Å². The van der Waals surface area contributed by atoms with Crippen LogP contribution in [0.15, 0.2) is 39.6 Å². The molecule has 0 spiro atoms. The van der Waals surface area contributed by atoms with Gasteiger partial charge in [0.25, 0.3) is 5.56 Å². The molecule has 2 aromatic heterocycles. The average Bonchev–Trinajstić information content (AvgIpc) is 2.73. The molecule has 0 aliphatic rings. The highest BCUT2D eigenvalue weighted by atomic mass is 16.5. The summed E-state index contributed by atoms with van der Waals surface area (Å²) in [6.07, 6.45) is 0. The molecule has 0 fully saturated rings. The number of pyridine rings is 1. The summed E-state index contributed by atoms with van der Waals surface area (Å²) in [6.45, 7) is 4.26. The minimum Gasteiger partial charge on any atom is -0.497 e. The van der Waals surface area contributed by atoms with E-state index >= 15 is 0 Å². The zero-order chi connectivity index (χ0) is 15.0. The summed E-state index contributed by atoms with van der Waals surface area (Å²) >= 11 is 0. The van der Waals surface area contributed by atoms with Crippen molar-refractivity contribution >= 4 is 11.0 Å². The summed E-state index contributed by atoms with van der Waals surface area (Å²) in [7, 11) is 1.58. The van der Waals surface area contributed by atoms with Gasteiger partial charge >= 0.3 is 0 Å². The number of nitrogens with zero attached hydrogens (tertiary/aromatic N) is 2. The molecule has 5 nitrogen and oxygen atoms in total. The van der Waals surface area contributed by atoms with Gasteiger partial charge in [-0.2, -0.15) is 4.74 Å². The summed E-state index contributed by atoms with van der Waals surface area (Å²) < 4.78 is 12.1. The van der Waals surface area contributed by atoms with E-state index in [0.29, 0.717) is 23.3 Å².